The van der Waals surface area contributed by atoms with Crippen LogP contribution in [0.2, 0.25) is 0 Å². The average Bonchev–Trinajstić information content (AvgIpc) is 3.32. The normalized spacial score (nSPS) is 16.7. The van der Waals surface area contributed by atoms with Gasteiger partial charge in [0.05, 0.1) is 6.04 Å². The number of para-hydroxylation sites is 2. The Morgan fingerprint density at radius 3 is 2.18 bits per heavy atom. The van der Waals surface area contributed by atoms with Gasteiger partial charge in [-0.25, -0.2) is 0 Å². The predicted octanol–water partition coefficient (Wildman–Crippen LogP) is 13.7. The summed E-state index contributed by atoms with van der Waals surface area (Å²) in [4.78, 5) is 4.79. The van der Waals surface area contributed by atoms with Crippen LogP contribution in [0.3, 0.4) is 0 Å². The fraction of sp³-hybridized carbons (Fsp3) is 0.192. The van der Waals surface area contributed by atoms with Crippen LogP contribution in [0.1, 0.15) is 73.8 Å². The summed E-state index contributed by atoms with van der Waals surface area (Å²) >= 11 is 0. The van der Waals surface area contributed by atoms with Crippen LogP contribution in [0, 0.1) is 13.8 Å². The van der Waals surface area contributed by atoms with Crippen molar-refractivity contribution in [2.75, 3.05) is 11.9 Å². The molecule has 7 rings (SSSR count). The van der Waals surface area contributed by atoms with Crippen molar-refractivity contribution in [2.45, 2.75) is 59.7 Å². The van der Waals surface area contributed by atoms with Gasteiger partial charge >= 0.3 is 0 Å². The van der Waals surface area contributed by atoms with Gasteiger partial charge in [-0.2, -0.15) is 0 Å². The Bertz CT molecular complexity index is 2270. The smallest absolute Gasteiger partial charge is 0.106 e. The van der Waals surface area contributed by atoms with Gasteiger partial charge in [-0.15, -0.1) is 0 Å². The lowest BCUT2D eigenvalue weighted by Gasteiger charge is -2.41. The summed E-state index contributed by atoms with van der Waals surface area (Å²) in [6.07, 6.45) is 21.8. The molecule has 4 heteroatoms. The van der Waals surface area contributed by atoms with E-state index in [4.69, 9.17) is 0 Å². The Balaban J connectivity index is 0.00000262. The number of nitrogens with zero attached hydrogens (tertiary/aromatic N) is 3. The fourth-order valence-corrected chi connectivity index (χ4v) is 7.36. The van der Waals surface area contributed by atoms with Crippen molar-refractivity contribution in [1.82, 2.24) is 14.8 Å². The Morgan fingerprint density at radius 2 is 1.45 bits per heavy atom. The van der Waals surface area contributed by atoms with E-state index >= 15 is 0 Å². The minimum absolute atomic E-state index is 0.0406. The Hall–Kier alpha value is -6.10. The summed E-state index contributed by atoms with van der Waals surface area (Å²) in [5.41, 5.74) is 12.9. The van der Waals surface area contributed by atoms with Gasteiger partial charge in [-0.1, -0.05) is 135 Å². The van der Waals surface area contributed by atoms with Crippen molar-refractivity contribution in [1.29, 1.82) is 0 Å². The minimum atomic E-state index is -0.0406. The highest BCUT2D eigenvalue weighted by Gasteiger charge is 2.30. The first-order chi connectivity index (χ1) is 27.5. The van der Waals surface area contributed by atoms with Crippen LogP contribution < -0.4 is 10.2 Å². The van der Waals surface area contributed by atoms with Crippen molar-refractivity contribution in [3.63, 3.8) is 0 Å². The molecule has 1 aliphatic heterocycles. The fourth-order valence-electron chi connectivity index (χ4n) is 7.36. The molecule has 4 aromatic carbocycles. The number of benzene rings is 4. The second-order valence-corrected chi connectivity index (χ2v) is 14.0. The van der Waals surface area contributed by atoms with Crippen LogP contribution in [0.4, 0.5) is 17.1 Å². The van der Waals surface area contributed by atoms with Gasteiger partial charge < -0.3 is 14.8 Å². The second kappa shape index (κ2) is 19.5. The van der Waals surface area contributed by atoms with E-state index in [1.54, 1.807) is 0 Å². The maximum Gasteiger partial charge on any atom is 0.106 e. The molecule has 0 saturated heterocycles. The molecule has 2 atom stereocenters. The van der Waals surface area contributed by atoms with Crippen molar-refractivity contribution in [3.8, 4) is 5.69 Å². The lowest BCUT2D eigenvalue weighted by molar-refractivity contribution is 0.166. The third-order valence-electron chi connectivity index (χ3n) is 10.2. The van der Waals surface area contributed by atoms with Gasteiger partial charge in [-0.3, -0.25) is 4.90 Å². The molecule has 1 aromatic heterocycles. The molecule has 0 radical (unpaired) electrons. The first-order valence-electron chi connectivity index (χ1n) is 20.0. The van der Waals surface area contributed by atoms with Crippen molar-refractivity contribution >= 4 is 23.1 Å². The van der Waals surface area contributed by atoms with Crippen molar-refractivity contribution in [3.05, 3.63) is 221 Å². The molecule has 2 aliphatic rings. The van der Waals surface area contributed by atoms with Crippen LogP contribution in [0.25, 0.3) is 11.8 Å². The molecule has 1 aliphatic carbocycles. The van der Waals surface area contributed by atoms with Gasteiger partial charge in [0.15, 0.2) is 0 Å². The zero-order valence-electron chi connectivity index (χ0n) is 33.8. The highest BCUT2D eigenvalue weighted by Crippen LogP contribution is 2.38. The monoisotopic (exact) mass is 736 g/mol. The largest absolute Gasteiger partial charge is 0.366 e. The highest BCUT2D eigenvalue weighted by atomic mass is 15.3. The maximum absolute atomic E-state index is 3.96. The number of nitrogens with one attached hydrogen (secondary N) is 1. The lowest BCUT2D eigenvalue weighted by Crippen LogP contribution is -2.42. The minimum Gasteiger partial charge on any atom is -0.366 e. The van der Waals surface area contributed by atoms with Gasteiger partial charge in [0.2, 0.25) is 0 Å². The first kappa shape index (κ1) is 39.6. The van der Waals surface area contributed by atoms with E-state index in [2.05, 4.69) is 229 Å². The molecular formula is C52H56N4. The molecule has 0 fully saturated rings. The van der Waals surface area contributed by atoms with Gasteiger partial charge in [0.25, 0.3) is 0 Å². The first-order valence-corrected chi connectivity index (χ1v) is 20.0. The van der Waals surface area contributed by atoms with Crippen LogP contribution >= 0.6 is 0 Å². The van der Waals surface area contributed by atoms with E-state index in [0.29, 0.717) is 0 Å². The van der Waals surface area contributed by atoms with E-state index in [1.165, 1.54) is 28.0 Å². The summed E-state index contributed by atoms with van der Waals surface area (Å²) < 4.78 is 2.31. The predicted molar refractivity (Wildman–Crippen MR) is 240 cm³/mol. The van der Waals surface area contributed by atoms with Crippen LogP contribution in [-0.2, 0) is 0 Å². The lowest BCUT2D eigenvalue weighted by atomic mass is 9.94. The van der Waals surface area contributed by atoms with E-state index in [-0.39, 0.29) is 12.2 Å². The number of anilines is 3. The third-order valence-corrected chi connectivity index (χ3v) is 10.2. The molecule has 0 amide bonds. The Morgan fingerprint density at radius 1 is 0.732 bits per heavy atom. The quantitative estimate of drug-likeness (QED) is 0.152. The average molecular weight is 737 g/mol. The zero-order valence-corrected chi connectivity index (χ0v) is 33.8. The topological polar surface area (TPSA) is 23.4 Å². The van der Waals surface area contributed by atoms with E-state index < -0.39 is 0 Å². The van der Waals surface area contributed by atoms with Gasteiger partial charge in [0, 0.05) is 40.3 Å². The van der Waals surface area contributed by atoms with Crippen molar-refractivity contribution < 1.29 is 0 Å². The van der Waals surface area contributed by atoms with Gasteiger partial charge in [0.1, 0.15) is 6.17 Å². The highest BCUT2D eigenvalue weighted by molar-refractivity contribution is 5.78. The number of hydrogen-bond donors (Lipinski definition) is 1. The van der Waals surface area contributed by atoms with Gasteiger partial charge in [-0.05, 0) is 129 Å². The molecule has 1 N–H and O–H groups in total. The third kappa shape index (κ3) is 9.39. The summed E-state index contributed by atoms with van der Waals surface area (Å²) in [7, 11) is 2.23. The van der Waals surface area contributed by atoms with E-state index in [0.717, 1.165) is 46.8 Å². The summed E-state index contributed by atoms with van der Waals surface area (Å²) in [6.45, 7) is 10.4. The summed E-state index contributed by atoms with van der Waals surface area (Å²) in [6, 6.07) is 48.1. The molecular weight excluding hydrogens is 681 g/mol. The molecule has 2 unspecified atom stereocenters. The van der Waals surface area contributed by atoms with Crippen LogP contribution in [0.15, 0.2) is 193 Å². The standard InChI is InChI=1S/C50H50N4.C2H6/c1-5-6-10-28-45-35-38(2)31-32-44(54(43-26-15-9-16-27-43)48-30-18-17-20-39(48)3)33-34-53(45)46-29-19-25-42(36-46)50-51-47(40-21-11-7-12-22-40)37-49(52(50)4)41-23-13-8-14-24-41;1-2/h5-11,13-21,23-37,49-51H,12,22H2,1-4H3;1-2H3/b6-5-,28-10-,34-33?,38-31?,44-32?,45-35?;. The number of rotatable bonds is 9. The molecule has 284 valence electrons. The maximum atomic E-state index is 3.96. The van der Waals surface area contributed by atoms with E-state index in [9.17, 15) is 0 Å². The molecule has 5 aromatic rings. The number of aromatic nitrogens is 1. The van der Waals surface area contributed by atoms with Crippen LogP contribution in [-0.4, -0.2) is 16.5 Å². The number of aryl methyl sites for hydroxylation is 2. The zero-order chi connectivity index (χ0) is 39.3. The van der Waals surface area contributed by atoms with E-state index in [1.807, 2.05) is 20.8 Å². The summed E-state index contributed by atoms with van der Waals surface area (Å²) in [5, 5.41) is 3.96. The molecule has 4 nitrogen and oxygen atoms in total. The number of likely N-dealkylation sites (N-methyl/N-ethyl adjacent to an activating group) is 1. The van der Waals surface area contributed by atoms with Crippen molar-refractivity contribution in [2.24, 2.45) is 0 Å². The molecule has 0 saturated carbocycles. The molecule has 2 heterocycles. The molecule has 0 bridgehead atoms. The number of allylic oxidation sites excluding steroid dienone is 7. The summed E-state index contributed by atoms with van der Waals surface area (Å²) in [5.74, 6) is 0. The molecule has 56 heavy (non-hydrogen) atoms. The second-order valence-electron chi connectivity index (χ2n) is 14.0. The Labute approximate surface area is 335 Å². The van der Waals surface area contributed by atoms with Crippen LogP contribution in [0.5, 0.6) is 0 Å². The SMILES string of the molecule is C/C=C\C=C/c1cc(C)ccc(N(c2ccccc2)c2ccccc2C)ccn1-c1cccc(C2NC(C3=CC=CCC3)=CC(c3ccccc3)N2C)c1.CC. The number of hydrogen-bond acceptors (Lipinski definition) is 3. The Kier molecular flexibility index (Phi) is 13.8. The molecule has 0 spiro atoms.